The number of fused-ring (bicyclic) bond motifs is 14. The lowest BCUT2D eigenvalue weighted by Crippen LogP contribution is -2.60. The van der Waals surface area contributed by atoms with Crippen molar-refractivity contribution in [3.63, 3.8) is 0 Å². The third-order valence-corrected chi connectivity index (χ3v) is 13.9. The molecule has 0 amide bonds. The van der Waals surface area contributed by atoms with Gasteiger partial charge in [0.1, 0.15) is 11.5 Å². The minimum Gasteiger partial charge on any atom is -0.458 e. The average molecular weight is 759 g/mol. The largest absolute Gasteiger partial charge is 0.458 e. The molecular formula is C54H31B2N3O. The normalized spacial score (nSPS) is 13.7. The van der Waals surface area contributed by atoms with Gasteiger partial charge in [-0.3, -0.25) is 0 Å². The molecule has 15 rings (SSSR count). The number of rotatable bonds is 2. The maximum Gasteiger partial charge on any atom is 0.256 e. The molecule has 0 unspecified atom stereocenters. The zero-order valence-electron chi connectivity index (χ0n) is 32.3. The van der Waals surface area contributed by atoms with Crippen LogP contribution in [0.5, 0.6) is 11.5 Å². The van der Waals surface area contributed by atoms with Crippen molar-refractivity contribution >= 4 is 107 Å². The second-order valence-electron chi connectivity index (χ2n) is 16.8. The van der Waals surface area contributed by atoms with Crippen LogP contribution in [0.3, 0.4) is 0 Å². The predicted molar refractivity (Wildman–Crippen MR) is 251 cm³/mol. The van der Waals surface area contributed by atoms with Crippen LogP contribution in [0.4, 0.5) is 17.1 Å². The Morgan fingerprint density at radius 3 is 1.78 bits per heavy atom. The van der Waals surface area contributed by atoms with Crippen LogP contribution in [0.15, 0.2) is 188 Å². The Morgan fingerprint density at radius 2 is 0.933 bits per heavy atom. The van der Waals surface area contributed by atoms with E-state index < -0.39 is 0 Å². The molecule has 4 aliphatic rings. The lowest BCUT2D eigenvalue weighted by atomic mass is 9.34. The Labute approximate surface area is 346 Å². The molecule has 0 radical (unpaired) electrons. The Balaban J connectivity index is 0.954. The molecule has 60 heavy (non-hydrogen) atoms. The Morgan fingerprint density at radius 1 is 0.350 bits per heavy atom. The first-order valence-corrected chi connectivity index (χ1v) is 20.9. The zero-order valence-corrected chi connectivity index (χ0v) is 32.3. The van der Waals surface area contributed by atoms with Gasteiger partial charge in [0.2, 0.25) is 0 Å². The fourth-order valence-corrected chi connectivity index (χ4v) is 11.7. The summed E-state index contributed by atoms with van der Waals surface area (Å²) in [5.41, 5.74) is 21.3. The van der Waals surface area contributed by atoms with Crippen molar-refractivity contribution in [1.29, 1.82) is 0 Å². The number of aromatic nitrogens is 2. The van der Waals surface area contributed by atoms with Gasteiger partial charge < -0.3 is 18.8 Å². The highest BCUT2D eigenvalue weighted by Gasteiger charge is 2.43. The van der Waals surface area contributed by atoms with Crippen LogP contribution in [0.2, 0.25) is 0 Å². The number of anilines is 3. The van der Waals surface area contributed by atoms with Crippen molar-refractivity contribution < 1.29 is 4.74 Å². The summed E-state index contributed by atoms with van der Waals surface area (Å²) in [6.45, 7) is 0.173. The van der Waals surface area contributed by atoms with Crippen LogP contribution >= 0.6 is 0 Å². The Hall–Kier alpha value is -7.69. The second kappa shape index (κ2) is 11.1. The number of benzene rings is 9. The first-order valence-electron chi connectivity index (χ1n) is 20.9. The maximum atomic E-state index is 6.80. The van der Waals surface area contributed by atoms with Gasteiger partial charge in [0.05, 0.1) is 11.0 Å². The minimum atomic E-state index is 0.0481. The van der Waals surface area contributed by atoms with E-state index in [1.54, 1.807) is 0 Å². The number of nitrogens with zero attached hydrogens (tertiary/aromatic N) is 3. The third-order valence-electron chi connectivity index (χ3n) is 13.9. The average Bonchev–Trinajstić information content (AvgIpc) is 3.83. The van der Waals surface area contributed by atoms with E-state index in [4.69, 9.17) is 4.74 Å². The molecule has 0 bridgehead atoms. The van der Waals surface area contributed by atoms with Crippen LogP contribution in [0.1, 0.15) is 0 Å². The SMILES string of the molecule is c1ccc(N2c3ccccc3B3c4c2cccc4-n2c4cc(-c5ccc6c(c5)B5c7c(cccc7-n7c8ccccc8c8cccc5c87)O6)ccc4c4cccc3c42)cc1. The highest BCUT2D eigenvalue weighted by Crippen LogP contribution is 2.43. The molecule has 274 valence electrons. The summed E-state index contributed by atoms with van der Waals surface area (Å²) < 4.78 is 11.8. The quantitative estimate of drug-likeness (QED) is 0.164. The summed E-state index contributed by atoms with van der Waals surface area (Å²) in [6.07, 6.45) is 0. The van der Waals surface area contributed by atoms with Gasteiger partial charge in [-0.1, -0.05) is 127 Å². The highest BCUT2D eigenvalue weighted by molar-refractivity contribution is 7.00. The van der Waals surface area contributed by atoms with Gasteiger partial charge in [-0.05, 0) is 105 Å². The van der Waals surface area contributed by atoms with Crippen LogP contribution in [0, 0.1) is 0 Å². The van der Waals surface area contributed by atoms with E-state index in [1.165, 1.54) is 116 Å². The molecule has 0 N–H and O–H groups in total. The molecule has 0 saturated heterocycles. The van der Waals surface area contributed by atoms with Crippen LogP contribution in [0.25, 0.3) is 66.1 Å². The summed E-state index contributed by atoms with van der Waals surface area (Å²) in [5.74, 6) is 1.86. The number of ether oxygens (including phenoxy) is 1. The van der Waals surface area contributed by atoms with Crippen molar-refractivity contribution in [1.82, 2.24) is 9.13 Å². The number of para-hydroxylation sites is 5. The van der Waals surface area contributed by atoms with Gasteiger partial charge in [0.25, 0.3) is 13.4 Å². The minimum absolute atomic E-state index is 0.0481. The molecule has 0 spiro atoms. The van der Waals surface area contributed by atoms with Crippen molar-refractivity contribution in [2.24, 2.45) is 0 Å². The second-order valence-corrected chi connectivity index (χ2v) is 16.8. The summed E-state index contributed by atoms with van der Waals surface area (Å²) in [7, 11) is 0. The molecule has 0 saturated carbocycles. The van der Waals surface area contributed by atoms with E-state index in [2.05, 4.69) is 202 Å². The van der Waals surface area contributed by atoms with Crippen LogP contribution in [-0.4, -0.2) is 22.6 Å². The maximum absolute atomic E-state index is 6.80. The van der Waals surface area contributed by atoms with Gasteiger partial charge in [0, 0.05) is 61.0 Å². The van der Waals surface area contributed by atoms with Gasteiger partial charge >= 0.3 is 0 Å². The lowest BCUT2D eigenvalue weighted by molar-refractivity contribution is 0.487. The molecule has 2 aromatic heterocycles. The van der Waals surface area contributed by atoms with E-state index in [-0.39, 0.29) is 13.4 Å². The molecule has 4 aliphatic heterocycles. The standard InChI is InChI=1S/C54H31B2N3O/c1-2-12-34(13-3-1)57-44-21-7-5-17-39(44)55-40-18-9-16-38-36-28-26-33(31-48(36)59(54(38)40)46-23-10-22-45(57)51(46)55)32-27-29-49-42(30-32)56-41-19-8-15-37-35-14-4-6-20-43(35)58(53(37)41)47-24-11-25-50(60-49)52(47)56/h1-31H. The van der Waals surface area contributed by atoms with E-state index in [0.29, 0.717) is 0 Å². The molecule has 0 aliphatic carbocycles. The molecule has 0 atom stereocenters. The van der Waals surface area contributed by atoms with Gasteiger partial charge in [-0.15, -0.1) is 0 Å². The Bertz CT molecular complexity index is 3730. The number of hydrogen-bond donors (Lipinski definition) is 0. The van der Waals surface area contributed by atoms with E-state index in [9.17, 15) is 0 Å². The molecule has 4 nitrogen and oxygen atoms in total. The summed E-state index contributed by atoms with van der Waals surface area (Å²) >= 11 is 0. The van der Waals surface area contributed by atoms with Crippen molar-refractivity contribution in [3.05, 3.63) is 188 Å². The van der Waals surface area contributed by atoms with Crippen molar-refractivity contribution in [2.75, 3.05) is 4.90 Å². The van der Waals surface area contributed by atoms with Crippen molar-refractivity contribution in [2.45, 2.75) is 0 Å². The third kappa shape index (κ3) is 3.76. The Kier molecular flexibility index (Phi) is 5.78. The smallest absolute Gasteiger partial charge is 0.256 e. The van der Waals surface area contributed by atoms with Crippen molar-refractivity contribution in [3.8, 4) is 34.0 Å². The molecule has 9 aromatic carbocycles. The first-order chi connectivity index (χ1) is 29.8. The molecular weight excluding hydrogens is 728 g/mol. The monoisotopic (exact) mass is 759 g/mol. The lowest BCUT2D eigenvalue weighted by Gasteiger charge is -2.40. The highest BCUT2D eigenvalue weighted by atomic mass is 16.5. The molecule has 11 aromatic rings. The molecule has 6 heteroatoms. The topological polar surface area (TPSA) is 22.3 Å². The summed E-state index contributed by atoms with van der Waals surface area (Å²) in [6, 6.07) is 69.7. The fraction of sp³-hybridized carbons (Fsp3) is 0. The van der Waals surface area contributed by atoms with Gasteiger partial charge in [0.15, 0.2) is 0 Å². The first kappa shape index (κ1) is 31.3. The van der Waals surface area contributed by atoms with E-state index in [0.717, 1.165) is 11.5 Å². The van der Waals surface area contributed by atoms with E-state index in [1.807, 2.05) is 0 Å². The predicted octanol–water partition coefficient (Wildman–Crippen LogP) is 9.10. The number of hydrogen-bond acceptors (Lipinski definition) is 2. The van der Waals surface area contributed by atoms with Gasteiger partial charge in [-0.25, -0.2) is 0 Å². The summed E-state index contributed by atoms with van der Waals surface area (Å²) in [4.78, 5) is 2.46. The van der Waals surface area contributed by atoms with Crippen LogP contribution < -0.4 is 42.4 Å². The van der Waals surface area contributed by atoms with Crippen LogP contribution in [-0.2, 0) is 0 Å². The fourth-order valence-electron chi connectivity index (χ4n) is 11.7. The molecule has 6 heterocycles. The zero-order chi connectivity index (χ0) is 38.8. The van der Waals surface area contributed by atoms with E-state index >= 15 is 0 Å². The summed E-state index contributed by atoms with van der Waals surface area (Å²) in [5, 5.41) is 5.14. The molecule has 0 fully saturated rings. The van der Waals surface area contributed by atoms with Gasteiger partial charge in [-0.2, -0.15) is 0 Å².